The smallest absolute Gasteiger partial charge is 0.228 e. The molecular formula is C24H34N4O3. The van der Waals surface area contributed by atoms with Gasteiger partial charge in [-0.05, 0) is 51.7 Å². The molecule has 1 fully saturated rings. The maximum atomic E-state index is 13.5. The van der Waals surface area contributed by atoms with E-state index in [0.29, 0.717) is 26.1 Å². The second-order valence-corrected chi connectivity index (χ2v) is 8.32. The van der Waals surface area contributed by atoms with Crippen LogP contribution in [0.3, 0.4) is 0 Å². The third-order valence-corrected chi connectivity index (χ3v) is 6.02. The number of hydrogen-bond acceptors (Lipinski definition) is 4. The third-order valence-electron chi connectivity index (χ3n) is 6.02. The molecule has 1 aromatic heterocycles. The molecule has 0 spiro atoms. The molecule has 0 saturated heterocycles. The molecule has 1 N–H and O–H groups in total. The van der Waals surface area contributed by atoms with Crippen LogP contribution in [0.25, 0.3) is 0 Å². The molecule has 168 valence electrons. The van der Waals surface area contributed by atoms with Crippen molar-refractivity contribution >= 4 is 11.8 Å². The molecule has 0 aliphatic heterocycles. The molecule has 3 rings (SSSR count). The second-order valence-electron chi connectivity index (χ2n) is 8.32. The maximum Gasteiger partial charge on any atom is 0.228 e. The van der Waals surface area contributed by atoms with Gasteiger partial charge in [0.05, 0.1) is 18.2 Å². The summed E-state index contributed by atoms with van der Waals surface area (Å²) in [6.07, 6.45) is 3.47. The number of nitrogens with one attached hydrogen (secondary N) is 1. The summed E-state index contributed by atoms with van der Waals surface area (Å²) >= 11 is 0. The molecule has 2 amide bonds. The van der Waals surface area contributed by atoms with Gasteiger partial charge >= 0.3 is 0 Å². The highest BCUT2D eigenvalue weighted by Crippen LogP contribution is 2.34. The van der Waals surface area contributed by atoms with E-state index in [9.17, 15) is 9.59 Å². The summed E-state index contributed by atoms with van der Waals surface area (Å²) in [5, 5.41) is 7.51. The van der Waals surface area contributed by atoms with Crippen LogP contribution in [0.1, 0.15) is 44.9 Å². The first-order valence-electron chi connectivity index (χ1n) is 11.2. The molecule has 7 nitrogen and oxygen atoms in total. The molecule has 0 radical (unpaired) electrons. The normalized spacial score (nSPS) is 20.5. The summed E-state index contributed by atoms with van der Waals surface area (Å²) in [4.78, 5) is 27.2. The van der Waals surface area contributed by atoms with Gasteiger partial charge in [-0.1, -0.05) is 18.2 Å². The zero-order valence-corrected chi connectivity index (χ0v) is 19.0. The quantitative estimate of drug-likeness (QED) is 0.668. The van der Waals surface area contributed by atoms with Gasteiger partial charge in [0.1, 0.15) is 5.75 Å². The van der Waals surface area contributed by atoms with E-state index in [0.717, 1.165) is 30.0 Å². The Labute approximate surface area is 184 Å². The van der Waals surface area contributed by atoms with Gasteiger partial charge in [-0.2, -0.15) is 5.10 Å². The summed E-state index contributed by atoms with van der Waals surface area (Å²) in [6, 6.07) is 9.54. The second kappa shape index (κ2) is 10.5. The highest BCUT2D eigenvalue weighted by molar-refractivity contribution is 5.81. The van der Waals surface area contributed by atoms with Gasteiger partial charge in [0.25, 0.3) is 0 Å². The first-order valence-corrected chi connectivity index (χ1v) is 11.2. The summed E-state index contributed by atoms with van der Waals surface area (Å²) < 4.78 is 7.83. The molecule has 31 heavy (non-hydrogen) atoms. The first-order chi connectivity index (χ1) is 14.9. The number of ether oxygens (including phenoxy) is 1. The van der Waals surface area contributed by atoms with Crippen molar-refractivity contribution in [2.24, 2.45) is 11.8 Å². The van der Waals surface area contributed by atoms with E-state index in [2.05, 4.69) is 10.4 Å². The lowest BCUT2D eigenvalue weighted by Gasteiger charge is -2.27. The number of aromatic nitrogens is 2. The molecule has 0 unspecified atom stereocenters. The number of nitrogens with zero attached hydrogens (tertiary/aromatic N) is 3. The Morgan fingerprint density at radius 1 is 1.23 bits per heavy atom. The predicted molar refractivity (Wildman–Crippen MR) is 119 cm³/mol. The number of hydrogen-bond donors (Lipinski definition) is 1. The number of aryl methyl sites for hydroxylation is 2. The lowest BCUT2D eigenvalue weighted by atomic mass is 10.0. The number of rotatable bonds is 9. The molecule has 1 aromatic carbocycles. The van der Waals surface area contributed by atoms with Crippen molar-refractivity contribution in [3.63, 3.8) is 0 Å². The molecule has 1 aliphatic rings. The zero-order valence-electron chi connectivity index (χ0n) is 19.0. The fourth-order valence-electron chi connectivity index (χ4n) is 4.37. The Bertz CT molecular complexity index is 880. The van der Waals surface area contributed by atoms with E-state index in [1.54, 1.807) is 0 Å². The molecule has 7 heteroatoms. The van der Waals surface area contributed by atoms with Gasteiger partial charge in [0.15, 0.2) is 0 Å². The number of benzene rings is 1. The summed E-state index contributed by atoms with van der Waals surface area (Å²) in [7, 11) is 0. The average molecular weight is 427 g/mol. The standard InChI is InChI=1S/C24H34N4O3/c1-5-27(14-20-15-28(6-2)26-17(20)3)24(30)22-12-19(13-23(22)25-18(4)29)16-31-21-10-8-7-9-11-21/h7-11,15,19,22-23H,5-6,12-14,16H2,1-4H3,(H,25,29)/t19-,22-,23-/m1/s1. The summed E-state index contributed by atoms with van der Waals surface area (Å²) in [5.74, 6) is 0.790. The largest absolute Gasteiger partial charge is 0.493 e. The topological polar surface area (TPSA) is 76.5 Å². The van der Waals surface area contributed by atoms with Crippen molar-refractivity contribution < 1.29 is 14.3 Å². The van der Waals surface area contributed by atoms with Gasteiger partial charge in [-0.15, -0.1) is 0 Å². The van der Waals surface area contributed by atoms with Crippen LogP contribution in [-0.2, 0) is 22.7 Å². The molecule has 2 aromatic rings. The Morgan fingerprint density at radius 3 is 2.58 bits per heavy atom. The lowest BCUT2D eigenvalue weighted by Crippen LogP contribution is -2.44. The molecule has 1 heterocycles. The van der Waals surface area contributed by atoms with Crippen LogP contribution in [0.2, 0.25) is 0 Å². The van der Waals surface area contributed by atoms with Crippen molar-refractivity contribution in [1.82, 2.24) is 20.0 Å². The van der Waals surface area contributed by atoms with Gasteiger partial charge in [-0.25, -0.2) is 0 Å². The monoisotopic (exact) mass is 426 g/mol. The van der Waals surface area contributed by atoms with Crippen LogP contribution in [0, 0.1) is 18.8 Å². The van der Waals surface area contributed by atoms with Gasteiger partial charge in [0.2, 0.25) is 11.8 Å². The van der Waals surface area contributed by atoms with Gasteiger partial charge in [0, 0.05) is 44.4 Å². The highest BCUT2D eigenvalue weighted by Gasteiger charge is 2.41. The van der Waals surface area contributed by atoms with Crippen LogP contribution in [0.15, 0.2) is 36.5 Å². The lowest BCUT2D eigenvalue weighted by molar-refractivity contribution is -0.136. The van der Waals surface area contributed by atoms with E-state index in [4.69, 9.17) is 4.74 Å². The van der Waals surface area contributed by atoms with E-state index in [1.807, 2.05) is 66.9 Å². The van der Waals surface area contributed by atoms with Crippen LogP contribution in [-0.4, -0.2) is 45.7 Å². The van der Waals surface area contributed by atoms with Crippen LogP contribution >= 0.6 is 0 Å². The van der Waals surface area contributed by atoms with Gasteiger partial charge in [-0.3, -0.25) is 14.3 Å². The Hall–Kier alpha value is -2.83. The number of para-hydroxylation sites is 1. The minimum Gasteiger partial charge on any atom is -0.493 e. The average Bonchev–Trinajstić information content (AvgIpc) is 3.33. The van der Waals surface area contributed by atoms with Crippen molar-refractivity contribution in [1.29, 1.82) is 0 Å². The van der Waals surface area contributed by atoms with E-state index >= 15 is 0 Å². The minimum atomic E-state index is -0.241. The highest BCUT2D eigenvalue weighted by atomic mass is 16.5. The Balaban J connectivity index is 1.68. The van der Waals surface area contributed by atoms with E-state index in [-0.39, 0.29) is 29.7 Å². The Kier molecular flexibility index (Phi) is 7.71. The SMILES string of the molecule is CCN(Cc1cn(CC)nc1C)C(=O)[C@@H]1C[C@@H](COc2ccccc2)C[C@H]1NC(C)=O. The number of amides is 2. The van der Waals surface area contributed by atoms with Gasteiger partial charge < -0.3 is 15.0 Å². The minimum absolute atomic E-state index is 0.0899. The summed E-state index contributed by atoms with van der Waals surface area (Å²) in [6.45, 7) is 10.0. The molecular weight excluding hydrogens is 392 g/mol. The molecule has 1 saturated carbocycles. The summed E-state index contributed by atoms with van der Waals surface area (Å²) in [5.41, 5.74) is 2.02. The van der Waals surface area contributed by atoms with Crippen molar-refractivity contribution in [2.45, 2.75) is 59.7 Å². The van der Waals surface area contributed by atoms with Crippen molar-refractivity contribution in [3.8, 4) is 5.75 Å². The molecule has 0 bridgehead atoms. The predicted octanol–water partition coefficient (Wildman–Crippen LogP) is 3.17. The van der Waals surface area contributed by atoms with E-state index < -0.39 is 0 Å². The zero-order chi connectivity index (χ0) is 22.4. The van der Waals surface area contributed by atoms with E-state index in [1.165, 1.54) is 6.92 Å². The molecule has 3 atom stereocenters. The number of carbonyl (C=O) groups excluding carboxylic acids is 2. The van der Waals surface area contributed by atoms with Crippen LogP contribution < -0.4 is 10.1 Å². The first kappa shape index (κ1) is 22.8. The maximum absolute atomic E-state index is 13.5. The molecule has 1 aliphatic carbocycles. The van der Waals surface area contributed by atoms with Crippen molar-refractivity contribution in [2.75, 3.05) is 13.2 Å². The van der Waals surface area contributed by atoms with Crippen LogP contribution in [0.5, 0.6) is 5.75 Å². The third kappa shape index (κ3) is 5.87. The van der Waals surface area contributed by atoms with Crippen LogP contribution in [0.4, 0.5) is 0 Å². The fourth-order valence-corrected chi connectivity index (χ4v) is 4.37. The van der Waals surface area contributed by atoms with Crippen molar-refractivity contribution in [3.05, 3.63) is 47.8 Å². The Morgan fingerprint density at radius 2 is 1.97 bits per heavy atom. The fraction of sp³-hybridized carbons (Fsp3) is 0.542. The number of carbonyl (C=O) groups is 2.